The van der Waals surface area contributed by atoms with Crippen LogP contribution >= 0.6 is 11.3 Å². The molecule has 2 aliphatic rings. The van der Waals surface area contributed by atoms with Crippen LogP contribution in [0, 0.1) is 5.92 Å². The number of hydrogen-bond donors (Lipinski definition) is 2. The van der Waals surface area contributed by atoms with Crippen molar-refractivity contribution in [2.45, 2.75) is 32.5 Å². The summed E-state index contributed by atoms with van der Waals surface area (Å²) in [6, 6.07) is 10.5. The van der Waals surface area contributed by atoms with Crippen LogP contribution in [0.4, 0.5) is 24.0 Å². The molecule has 1 aliphatic heterocycles. The number of benzene rings is 2. The Labute approximate surface area is 250 Å². The van der Waals surface area contributed by atoms with E-state index in [1.807, 2.05) is 4.90 Å². The number of thiazole rings is 1. The summed E-state index contributed by atoms with van der Waals surface area (Å²) >= 11 is 1.24. The maximum atomic E-state index is 14.0. The van der Waals surface area contributed by atoms with Crippen molar-refractivity contribution < 1.29 is 22.8 Å². The first-order valence-electron chi connectivity index (χ1n) is 14.2. The Bertz CT molecular complexity index is 1650. The number of aromatic nitrogens is 3. The standard InChI is InChI=1S/C30H30F3N7O2S/c1-2-39-11-13-40(14-12-39)17-21-9-10-22(15-23(21)30(31,32)33)35-26(41)19-5-3-18(4-6-19)24-16-34-25-28(36-24)43-29(37-25)38-27(42)20-7-8-20/h3-6,9-10,15-16,20H,2,7-8,11-14,17H2,1H3,(H,35,41)(H,34,37,38,42). The molecule has 1 aliphatic carbocycles. The topological polar surface area (TPSA) is 103 Å². The van der Waals surface area contributed by atoms with Crippen LogP contribution in [0.2, 0.25) is 0 Å². The van der Waals surface area contributed by atoms with E-state index in [0.717, 1.165) is 38.5 Å². The molecule has 0 bridgehead atoms. The second kappa shape index (κ2) is 12.0. The molecular weight excluding hydrogens is 579 g/mol. The fraction of sp³-hybridized carbons (Fsp3) is 0.367. The monoisotopic (exact) mass is 609 g/mol. The summed E-state index contributed by atoms with van der Waals surface area (Å²) in [6.07, 6.45) is -1.20. The molecule has 4 aromatic rings. The Morgan fingerprint density at radius 2 is 1.70 bits per heavy atom. The SMILES string of the molecule is CCN1CCN(Cc2ccc(NC(=O)c3ccc(-c4cnc5nc(NC(=O)C6CC6)sc5n4)cc3)cc2C(F)(F)F)CC1. The third-order valence-corrected chi connectivity index (χ3v) is 8.58. The maximum Gasteiger partial charge on any atom is 0.416 e. The number of anilines is 2. The molecule has 2 aromatic carbocycles. The Hall–Kier alpha value is -3.94. The zero-order valence-corrected chi connectivity index (χ0v) is 24.3. The summed E-state index contributed by atoms with van der Waals surface area (Å²) in [7, 11) is 0. The predicted octanol–water partition coefficient (Wildman–Crippen LogP) is 5.51. The van der Waals surface area contributed by atoms with E-state index in [-0.39, 0.29) is 35.2 Å². The average molecular weight is 610 g/mol. The highest BCUT2D eigenvalue weighted by atomic mass is 32.1. The number of piperazine rings is 1. The van der Waals surface area contributed by atoms with Gasteiger partial charge in [-0.3, -0.25) is 14.5 Å². The van der Waals surface area contributed by atoms with Crippen LogP contribution in [0.5, 0.6) is 0 Å². The molecule has 13 heteroatoms. The molecule has 0 spiro atoms. The fourth-order valence-corrected chi connectivity index (χ4v) is 5.82. The summed E-state index contributed by atoms with van der Waals surface area (Å²) in [5.74, 6) is -0.509. The Kier molecular flexibility index (Phi) is 8.12. The molecule has 6 rings (SSSR count). The smallest absolute Gasteiger partial charge is 0.322 e. The molecule has 0 atom stereocenters. The van der Waals surface area contributed by atoms with Gasteiger partial charge in [0.1, 0.15) is 0 Å². The van der Waals surface area contributed by atoms with E-state index in [9.17, 15) is 22.8 Å². The van der Waals surface area contributed by atoms with Gasteiger partial charge in [0, 0.05) is 55.5 Å². The summed E-state index contributed by atoms with van der Waals surface area (Å²) in [5.41, 5.74) is 1.50. The molecule has 3 heterocycles. The lowest BCUT2D eigenvalue weighted by Crippen LogP contribution is -2.45. The van der Waals surface area contributed by atoms with Crippen LogP contribution in [-0.2, 0) is 17.5 Å². The van der Waals surface area contributed by atoms with Crippen LogP contribution in [0.15, 0.2) is 48.7 Å². The second-order valence-electron chi connectivity index (χ2n) is 10.8. The normalized spacial score (nSPS) is 16.4. The lowest BCUT2D eigenvalue weighted by Gasteiger charge is -2.34. The number of rotatable bonds is 8. The highest BCUT2D eigenvalue weighted by Gasteiger charge is 2.34. The molecular formula is C30H30F3N7O2S. The summed E-state index contributed by atoms with van der Waals surface area (Å²) in [6.45, 7) is 6.29. The Morgan fingerprint density at radius 3 is 2.37 bits per heavy atom. The number of fused-ring (bicyclic) bond motifs is 1. The van der Waals surface area contributed by atoms with Gasteiger partial charge in [0.15, 0.2) is 15.6 Å². The quantitative estimate of drug-likeness (QED) is 0.272. The van der Waals surface area contributed by atoms with Gasteiger partial charge in [-0.15, -0.1) is 0 Å². The van der Waals surface area contributed by atoms with Crippen molar-refractivity contribution in [2.75, 3.05) is 43.4 Å². The highest BCUT2D eigenvalue weighted by molar-refractivity contribution is 7.21. The van der Waals surface area contributed by atoms with Crippen LogP contribution in [0.1, 0.15) is 41.3 Å². The second-order valence-corrected chi connectivity index (χ2v) is 11.8. The predicted molar refractivity (Wildman–Crippen MR) is 159 cm³/mol. The molecule has 0 unspecified atom stereocenters. The first-order valence-corrected chi connectivity index (χ1v) is 15.0. The highest BCUT2D eigenvalue weighted by Crippen LogP contribution is 2.35. The zero-order valence-electron chi connectivity index (χ0n) is 23.4. The summed E-state index contributed by atoms with van der Waals surface area (Å²) < 4.78 is 41.9. The van der Waals surface area contributed by atoms with Crippen LogP contribution < -0.4 is 10.6 Å². The molecule has 43 heavy (non-hydrogen) atoms. The minimum Gasteiger partial charge on any atom is -0.322 e. The van der Waals surface area contributed by atoms with Crippen molar-refractivity contribution in [1.82, 2.24) is 24.8 Å². The molecule has 1 saturated carbocycles. The maximum absolute atomic E-state index is 14.0. The van der Waals surface area contributed by atoms with Crippen LogP contribution in [0.3, 0.4) is 0 Å². The lowest BCUT2D eigenvalue weighted by atomic mass is 10.0. The van der Waals surface area contributed by atoms with E-state index in [2.05, 4.69) is 37.4 Å². The van der Waals surface area contributed by atoms with Crippen molar-refractivity contribution in [3.05, 3.63) is 65.4 Å². The number of alkyl halides is 3. The number of carbonyl (C=O) groups excluding carboxylic acids is 2. The summed E-state index contributed by atoms with van der Waals surface area (Å²) in [5, 5.41) is 5.86. The zero-order chi connectivity index (χ0) is 30.1. The third-order valence-electron chi connectivity index (χ3n) is 7.72. The molecule has 2 aromatic heterocycles. The number of nitrogens with one attached hydrogen (secondary N) is 2. The number of carbonyl (C=O) groups is 2. The molecule has 1 saturated heterocycles. The molecule has 0 radical (unpaired) electrons. The first kappa shape index (κ1) is 29.1. The van der Waals surface area contributed by atoms with Gasteiger partial charge in [-0.05, 0) is 49.2 Å². The van der Waals surface area contributed by atoms with Gasteiger partial charge >= 0.3 is 6.18 Å². The minimum atomic E-state index is -4.55. The van der Waals surface area contributed by atoms with E-state index < -0.39 is 17.6 Å². The molecule has 2 fully saturated rings. The first-order chi connectivity index (χ1) is 20.7. The Balaban J connectivity index is 1.13. The van der Waals surface area contributed by atoms with Gasteiger partial charge in [0.25, 0.3) is 5.91 Å². The number of likely N-dealkylation sites (N-methyl/N-ethyl adjacent to an activating group) is 1. The van der Waals surface area contributed by atoms with E-state index in [1.165, 1.54) is 23.5 Å². The van der Waals surface area contributed by atoms with Gasteiger partial charge in [0.2, 0.25) is 5.91 Å². The largest absolute Gasteiger partial charge is 0.416 e. The number of hydrogen-bond acceptors (Lipinski definition) is 8. The number of nitrogens with zero attached hydrogens (tertiary/aromatic N) is 5. The molecule has 224 valence electrons. The molecule has 2 N–H and O–H groups in total. The third kappa shape index (κ3) is 6.84. The van der Waals surface area contributed by atoms with E-state index in [0.29, 0.717) is 40.0 Å². The summed E-state index contributed by atoms with van der Waals surface area (Å²) in [4.78, 5) is 43.1. The average Bonchev–Trinajstić information content (AvgIpc) is 3.78. The van der Waals surface area contributed by atoms with Crippen molar-refractivity contribution in [3.8, 4) is 11.3 Å². The van der Waals surface area contributed by atoms with Gasteiger partial charge in [0.05, 0.1) is 17.5 Å². The lowest BCUT2D eigenvalue weighted by molar-refractivity contribution is -0.138. The van der Waals surface area contributed by atoms with Crippen molar-refractivity contribution in [2.24, 2.45) is 5.92 Å². The number of amides is 2. The molecule has 2 amide bonds. The minimum absolute atomic E-state index is 0.0419. The van der Waals surface area contributed by atoms with E-state index in [1.54, 1.807) is 30.5 Å². The van der Waals surface area contributed by atoms with Crippen molar-refractivity contribution in [3.63, 3.8) is 0 Å². The van der Waals surface area contributed by atoms with E-state index in [4.69, 9.17) is 0 Å². The van der Waals surface area contributed by atoms with Gasteiger partial charge < -0.3 is 15.5 Å². The van der Waals surface area contributed by atoms with Crippen molar-refractivity contribution in [1.29, 1.82) is 0 Å². The van der Waals surface area contributed by atoms with Gasteiger partial charge in [-0.1, -0.05) is 36.5 Å². The van der Waals surface area contributed by atoms with Gasteiger partial charge in [-0.2, -0.15) is 18.2 Å². The van der Waals surface area contributed by atoms with Crippen molar-refractivity contribution >= 4 is 44.4 Å². The Morgan fingerprint density at radius 1 is 0.977 bits per heavy atom. The number of halogens is 3. The van der Waals surface area contributed by atoms with E-state index >= 15 is 0 Å². The molecule has 9 nitrogen and oxygen atoms in total. The van der Waals surface area contributed by atoms with Gasteiger partial charge in [-0.25, -0.2) is 9.97 Å². The fourth-order valence-electron chi connectivity index (χ4n) is 5.02. The van der Waals surface area contributed by atoms with Crippen LogP contribution in [0.25, 0.3) is 21.7 Å². The van der Waals surface area contributed by atoms with Crippen LogP contribution in [-0.4, -0.2) is 69.3 Å².